The van der Waals surface area contributed by atoms with E-state index in [9.17, 15) is 13.2 Å². The van der Waals surface area contributed by atoms with Crippen molar-refractivity contribution in [1.82, 2.24) is 10.3 Å². The fourth-order valence-electron chi connectivity index (χ4n) is 1.13. The van der Waals surface area contributed by atoms with Gasteiger partial charge in [0.25, 0.3) is 0 Å². The number of alkyl halides is 3. The largest absolute Gasteiger partial charge is 0.411 e. The maximum atomic E-state index is 11.8. The maximum absolute atomic E-state index is 11.8. The summed E-state index contributed by atoms with van der Waals surface area (Å²) < 4.78 is 39.9. The van der Waals surface area contributed by atoms with Crippen LogP contribution < -0.4 is 5.32 Å². The Morgan fingerprint density at radius 1 is 1.53 bits per heavy atom. The van der Waals surface area contributed by atoms with E-state index in [2.05, 4.69) is 15.0 Å². The predicted octanol–water partition coefficient (Wildman–Crippen LogP) is 2.54. The van der Waals surface area contributed by atoms with Crippen molar-refractivity contribution in [3.63, 3.8) is 0 Å². The molecule has 1 atom stereocenters. The first-order chi connectivity index (χ1) is 7.92. The molecule has 0 aliphatic carbocycles. The number of rotatable bonds is 6. The molecule has 7 heteroatoms. The van der Waals surface area contributed by atoms with Gasteiger partial charge in [-0.2, -0.15) is 13.2 Å². The topological polar surface area (TPSA) is 34.1 Å². The zero-order valence-corrected chi connectivity index (χ0v) is 10.5. The second-order valence-corrected chi connectivity index (χ2v) is 4.54. The van der Waals surface area contributed by atoms with E-state index in [1.165, 1.54) is 11.3 Å². The Hall–Kier alpha value is -0.660. The van der Waals surface area contributed by atoms with Crippen LogP contribution in [0.5, 0.6) is 0 Å². The van der Waals surface area contributed by atoms with Crippen molar-refractivity contribution < 1.29 is 17.9 Å². The number of aromatic nitrogens is 1. The van der Waals surface area contributed by atoms with Crippen LogP contribution in [-0.4, -0.2) is 31.4 Å². The van der Waals surface area contributed by atoms with E-state index in [1.54, 1.807) is 0 Å². The zero-order chi connectivity index (χ0) is 12.9. The van der Waals surface area contributed by atoms with Gasteiger partial charge < -0.3 is 10.1 Å². The van der Waals surface area contributed by atoms with Crippen molar-refractivity contribution in [3.05, 3.63) is 16.1 Å². The third-order valence-corrected chi connectivity index (χ3v) is 3.10. The Morgan fingerprint density at radius 2 is 2.24 bits per heavy atom. The van der Waals surface area contributed by atoms with Gasteiger partial charge in [0, 0.05) is 17.8 Å². The molecule has 0 amide bonds. The minimum Gasteiger partial charge on any atom is -0.372 e. The fraction of sp³-hybridized carbons (Fsp3) is 0.700. The summed E-state index contributed by atoms with van der Waals surface area (Å²) in [6.07, 6.45) is -3.84. The number of thiazole rings is 1. The third kappa shape index (κ3) is 5.47. The molecule has 1 aromatic heterocycles. The van der Waals surface area contributed by atoms with Crippen LogP contribution in [-0.2, 0) is 11.2 Å². The summed E-state index contributed by atoms with van der Waals surface area (Å²) >= 11 is 1.44. The van der Waals surface area contributed by atoms with Crippen molar-refractivity contribution in [3.8, 4) is 0 Å². The van der Waals surface area contributed by atoms with E-state index < -0.39 is 12.8 Å². The van der Waals surface area contributed by atoms with Crippen LogP contribution in [0.1, 0.15) is 23.7 Å². The van der Waals surface area contributed by atoms with Crippen molar-refractivity contribution in [1.29, 1.82) is 0 Å². The van der Waals surface area contributed by atoms with E-state index in [-0.39, 0.29) is 12.6 Å². The van der Waals surface area contributed by atoms with Crippen LogP contribution in [0.4, 0.5) is 13.2 Å². The van der Waals surface area contributed by atoms with Crippen molar-refractivity contribution in [2.45, 2.75) is 25.6 Å². The van der Waals surface area contributed by atoms with Gasteiger partial charge in [-0.05, 0) is 14.0 Å². The lowest BCUT2D eigenvalue weighted by atomic mass is 10.3. The third-order valence-electron chi connectivity index (χ3n) is 2.17. The number of nitrogens with zero attached hydrogens (tertiary/aromatic N) is 1. The molecular weight excluding hydrogens is 253 g/mol. The first kappa shape index (κ1) is 14.4. The number of halogens is 3. The minimum atomic E-state index is -4.26. The summed E-state index contributed by atoms with van der Waals surface area (Å²) in [5, 5.41) is 5.74. The standard InChI is InChI=1S/C10H15F3N2OS/c1-7(14-2)8-5-17-9(15-8)3-4-16-6-10(11,12)13/h5,7,14H,3-4,6H2,1-2H3. The van der Waals surface area contributed by atoms with Crippen LogP contribution in [0.15, 0.2) is 5.38 Å². The van der Waals surface area contributed by atoms with E-state index in [1.807, 2.05) is 19.4 Å². The summed E-state index contributed by atoms with van der Waals surface area (Å²) in [4.78, 5) is 4.31. The minimum absolute atomic E-state index is 0.0421. The van der Waals surface area contributed by atoms with Gasteiger partial charge in [0.15, 0.2) is 0 Å². The Morgan fingerprint density at radius 3 is 2.82 bits per heavy atom. The quantitative estimate of drug-likeness (QED) is 0.805. The molecule has 0 spiro atoms. The molecule has 17 heavy (non-hydrogen) atoms. The fourth-order valence-corrected chi connectivity index (χ4v) is 2.01. The highest BCUT2D eigenvalue weighted by molar-refractivity contribution is 7.09. The van der Waals surface area contributed by atoms with E-state index in [4.69, 9.17) is 0 Å². The lowest BCUT2D eigenvalue weighted by molar-refractivity contribution is -0.173. The molecule has 0 fully saturated rings. The normalized spacial score (nSPS) is 13.9. The first-order valence-electron chi connectivity index (χ1n) is 5.18. The molecular formula is C10H15F3N2OS. The monoisotopic (exact) mass is 268 g/mol. The maximum Gasteiger partial charge on any atom is 0.411 e. The molecule has 98 valence electrons. The molecule has 1 rings (SSSR count). The Bertz CT molecular complexity index is 341. The predicted molar refractivity (Wildman–Crippen MR) is 60.2 cm³/mol. The van der Waals surface area contributed by atoms with Crippen LogP contribution >= 0.6 is 11.3 Å². The van der Waals surface area contributed by atoms with Gasteiger partial charge in [-0.15, -0.1) is 11.3 Å². The smallest absolute Gasteiger partial charge is 0.372 e. The molecule has 0 bridgehead atoms. The van der Waals surface area contributed by atoms with Crippen LogP contribution in [0.3, 0.4) is 0 Å². The SMILES string of the molecule is CNC(C)c1csc(CCOCC(F)(F)F)n1. The summed E-state index contributed by atoms with van der Waals surface area (Å²) in [7, 11) is 1.83. The highest BCUT2D eigenvalue weighted by Crippen LogP contribution is 2.17. The second-order valence-electron chi connectivity index (χ2n) is 3.59. The number of nitrogens with one attached hydrogen (secondary N) is 1. The highest BCUT2D eigenvalue weighted by atomic mass is 32.1. The van der Waals surface area contributed by atoms with Gasteiger partial charge in [0.05, 0.1) is 17.3 Å². The molecule has 0 aliphatic rings. The summed E-state index contributed by atoms with van der Waals surface area (Å²) in [6.45, 7) is 0.817. The van der Waals surface area contributed by atoms with Gasteiger partial charge >= 0.3 is 6.18 Å². The Balaban J connectivity index is 2.30. The molecule has 1 aromatic rings. The number of ether oxygens (including phenoxy) is 1. The Kier molecular flexibility index (Phi) is 5.35. The van der Waals surface area contributed by atoms with E-state index in [0.717, 1.165) is 10.7 Å². The van der Waals surface area contributed by atoms with Gasteiger partial charge in [-0.1, -0.05) is 0 Å². The molecule has 1 N–H and O–H groups in total. The highest BCUT2D eigenvalue weighted by Gasteiger charge is 2.27. The van der Waals surface area contributed by atoms with Gasteiger partial charge in [-0.25, -0.2) is 4.98 Å². The number of hydrogen-bond donors (Lipinski definition) is 1. The summed E-state index contributed by atoms with van der Waals surface area (Å²) in [5.41, 5.74) is 0.906. The molecule has 0 aliphatic heterocycles. The zero-order valence-electron chi connectivity index (χ0n) is 9.67. The van der Waals surface area contributed by atoms with Crippen molar-refractivity contribution >= 4 is 11.3 Å². The molecule has 0 saturated carbocycles. The molecule has 0 saturated heterocycles. The summed E-state index contributed by atoms with van der Waals surface area (Å²) in [6, 6.07) is 0.149. The average Bonchev–Trinajstić information content (AvgIpc) is 2.70. The first-order valence-corrected chi connectivity index (χ1v) is 6.06. The van der Waals surface area contributed by atoms with Crippen LogP contribution in [0, 0.1) is 0 Å². The lowest BCUT2D eigenvalue weighted by Crippen LogP contribution is -2.18. The van der Waals surface area contributed by atoms with Crippen molar-refractivity contribution in [2.24, 2.45) is 0 Å². The molecule has 0 radical (unpaired) electrons. The van der Waals surface area contributed by atoms with E-state index in [0.29, 0.717) is 6.42 Å². The Labute approximate surface area is 102 Å². The lowest BCUT2D eigenvalue weighted by Gasteiger charge is -2.06. The second kappa shape index (κ2) is 6.32. The van der Waals surface area contributed by atoms with Crippen LogP contribution in [0.25, 0.3) is 0 Å². The van der Waals surface area contributed by atoms with Gasteiger partial charge in [0.1, 0.15) is 6.61 Å². The van der Waals surface area contributed by atoms with E-state index >= 15 is 0 Å². The van der Waals surface area contributed by atoms with Gasteiger partial charge in [-0.3, -0.25) is 0 Å². The molecule has 0 aromatic carbocycles. The number of hydrogen-bond acceptors (Lipinski definition) is 4. The van der Waals surface area contributed by atoms with Gasteiger partial charge in [0.2, 0.25) is 0 Å². The summed E-state index contributed by atoms with van der Waals surface area (Å²) in [5.74, 6) is 0. The molecule has 3 nitrogen and oxygen atoms in total. The van der Waals surface area contributed by atoms with Crippen molar-refractivity contribution in [2.75, 3.05) is 20.3 Å². The average molecular weight is 268 g/mol. The molecule has 1 unspecified atom stereocenters. The van der Waals surface area contributed by atoms with Crippen LogP contribution in [0.2, 0.25) is 0 Å². The molecule has 1 heterocycles.